The number of esters is 2. The molecule has 0 amide bonds. The maximum Gasteiger partial charge on any atom is 0.342 e. The van der Waals surface area contributed by atoms with Crippen molar-refractivity contribution >= 4 is 11.9 Å². The first-order valence-electron chi connectivity index (χ1n) is 6.86. The molecule has 1 aromatic rings. The van der Waals surface area contributed by atoms with Crippen molar-refractivity contribution in [3.05, 3.63) is 29.8 Å². The Morgan fingerprint density at radius 1 is 1.15 bits per heavy atom. The van der Waals surface area contributed by atoms with Crippen molar-refractivity contribution in [2.45, 2.75) is 52.6 Å². The molecule has 0 saturated heterocycles. The fourth-order valence-electron chi connectivity index (χ4n) is 1.55. The Morgan fingerprint density at radius 3 is 2.40 bits per heavy atom. The zero-order chi connectivity index (χ0) is 15.2. The van der Waals surface area contributed by atoms with Crippen molar-refractivity contribution in [3.63, 3.8) is 0 Å². The van der Waals surface area contributed by atoms with Gasteiger partial charge in [-0.3, -0.25) is 4.79 Å². The van der Waals surface area contributed by atoms with E-state index in [0.717, 1.165) is 12.8 Å². The highest BCUT2D eigenvalue weighted by Gasteiger charge is 2.21. The second kappa shape index (κ2) is 7.08. The maximum atomic E-state index is 12.1. The third-order valence-corrected chi connectivity index (χ3v) is 2.46. The molecule has 0 aliphatic heterocycles. The lowest BCUT2D eigenvalue weighted by molar-refractivity contribution is -0.134. The van der Waals surface area contributed by atoms with Crippen LogP contribution in [0.4, 0.5) is 0 Å². The predicted octanol–water partition coefficient (Wildman–Crippen LogP) is 3.74. The van der Waals surface area contributed by atoms with Gasteiger partial charge in [0.2, 0.25) is 0 Å². The number of carbonyl (C=O) groups is 2. The minimum Gasteiger partial charge on any atom is -0.456 e. The molecule has 20 heavy (non-hydrogen) atoms. The molecule has 0 radical (unpaired) electrons. The van der Waals surface area contributed by atoms with Crippen molar-refractivity contribution < 1.29 is 19.1 Å². The van der Waals surface area contributed by atoms with E-state index in [0.29, 0.717) is 6.42 Å². The van der Waals surface area contributed by atoms with Crippen LogP contribution in [0, 0.1) is 0 Å². The van der Waals surface area contributed by atoms with E-state index in [4.69, 9.17) is 9.47 Å². The summed E-state index contributed by atoms with van der Waals surface area (Å²) in [5.41, 5.74) is -0.316. The van der Waals surface area contributed by atoms with Crippen molar-refractivity contribution in [2.24, 2.45) is 0 Å². The maximum absolute atomic E-state index is 12.1. The molecule has 0 spiro atoms. The van der Waals surface area contributed by atoms with Crippen LogP contribution in [0.5, 0.6) is 5.75 Å². The van der Waals surface area contributed by atoms with E-state index in [1.54, 1.807) is 45.0 Å². The number of hydrogen-bond acceptors (Lipinski definition) is 4. The van der Waals surface area contributed by atoms with Crippen LogP contribution in [0.15, 0.2) is 24.3 Å². The van der Waals surface area contributed by atoms with Gasteiger partial charge in [-0.1, -0.05) is 25.5 Å². The summed E-state index contributed by atoms with van der Waals surface area (Å²) < 4.78 is 10.5. The van der Waals surface area contributed by atoms with Gasteiger partial charge in [0.25, 0.3) is 0 Å². The van der Waals surface area contributed by atoms with Crippen LogP contribution < -0.4 is 4.74 Å². The van der Waals surface area contributed by atoms with Gasteiger partial charge in [0.15, 0.2) is 0 Å². The number of carbonyl (C=O) groups excluding carboxylic acids is 2. The molecule has 0 aliphatic rings. The minimum atomic E-state index is -0.587. The van der Waals surface area contributed by atoms with E-state index < -0.39 is 11.6 Å². The molecular formula is C16H22O4. The van der Waals surface area contributed by atoms with E-state index >= 15 is 0 Å². The Morgan fingerprint density at radius 2 is 1.80 bits per heavy atom. The fourth-order valence-corrected chi connectivity index (χ4v) is 1.55. The second-order valence-corrected chi connectivity index (χ2v) is 5.58. The SMILES string of the molecule is CCCCC(=O)Oc1ccccc1C(=O)OC(C)(C)C. The van der Waals surface area contributed by atoms with Gasteiger partial charge in [0, 0.05) is 6.42 Å². The third kappa shape index (κ3) is 5.43. The largest absolute Gasteiger partial charge is 0.456 e. The van der Waals surface area contributed by atoms with Crippen LogP contribution in [0.25, 0.3) is 0 Å². The van der Waals surface area contributed by atoms with Gasteiger partial charge in [0.05, 0.1) is 0 Å². The molecule has 0 fully saturated rings. The molecule has 4 heteroatoms. The first kappa shape index (κ1) is 16.2. The summed E-state index contributed by atoms with van der Waals surface area (Å²) in [5, 5.41) is 0. The van der Waals surface area contributed by atoms with Crippen LogP contribution in [0.1, 0.15) is 57.3 Å². The number of unbranched alkanes of at least 4 members (excludes halogenated alkanes) is 1. The Bertz CT molecular complexity index is 472. The van der Waals surface area contributed by atoms with Crippen LogP contribution in [0.3, 0.4) is 0 Å². The van der Waals surface area contributed by atoms with E-state index in [9.17, 15) is 9.59 Å². The molecule has 1 rings (SSSR count). The fraction of sp³-hybridized carbons (Fsp3) is 0.500. The summed E-state index contributed by atoms with van der Waals surface area (Å²) in [6.45, 7) is 7.38. The monoisotopic (exact) mass is 278 g/mol. The Balaban J connectivity index is 2.83. The molecule has 0 heterocycles. The number of hydrogen-bond donors (Lipinski definition) is 0. The normalized spacial score (nSPS) is 11.0. The van der Waals surface area contributed by atoms with Gasteiger partial charge in [-0.25, -0.2) is 4.79 Å². The molecule has 0 atom stereocenters. The Labute approximate surface area is 120 Å². The summed E-state index contributed by atoms with van der Waals surface area (Å²) >= 11 is 0. The molecule has 0 unspecified atom stereocenters. The van der Waals surface area contributed by atoms with E-state index in [1.165, 1.54) is 0 Å². The summed E-state index contributed by atoms with van der Waals surface area (Å²) in [5.74, 6) is -0.567. The minimum absolute atomic E-state index is 0.253. The Hall–Kier alpha value is -1.84. The van der Waals surface area contributed by atoms with E-state index in [2.05, 4.69) is 0 Å². The van der Waals surface area contributed by atoms with Crippen LogP contribution in [0.2, 0.25) is 0 Å². The molecular weight excluding hydrogens is 256 g/mol. The molecule has 0 aliphatic carbocycles. The molecule has 1 aromatic carbocycles. The van der Waals surface area contributed by atoms with Gasteiger partial charge in [-0.05, 0) is 39.3 Å². The Kier molecular flexibility index (Phi) is 5.74. The molecule has 0 aromatic heterocycles. The smallest absolute Gasteiger partial charge is 0.342 e. The highest BCUT2D eigenvalue weighted by atomic mass is 16.6. The standard InChI is InChI=1S/C16H22O4/c1-5-6-11-14(17)19-13-10-8-7-9-12(13)15(18)20-16(2,3)4/h7-10H,5-6,11H2,1-4H3. The van der Waals surface area contributed by atoms with Crippen LogP contribution >= 0.6 is 0 Å². The van der Waals surface area contributed by atoms with Crippen molar-refractivity contribution in [2.75, 3.05) is 0 Å². The molecule has 110 valence electrons. The lowest BCUT2D eigenvalue weighted by Gasteiger charge is -2.20. The first-order valence-corrected chi connectivity index (χ1v) is 6.86. The number of rotatable bonds is 5. The van der Waals surface area contributed by atoms with Gasteiger partial charge in [-0.15, -0.1) is 0 Å². The molecule has 4 nitrogen and oxygen atoms in total. The zero-order valence-electron chi connectivity index (χ0n) is 12.6. The third-order valence-electron chi connectivity index (χ3n) is 2.46. The zero-order valence-corrected chi connectivity index (χ0v) is 12.6. The van der Waals surface area contributed by atoms with Gasteiger partial charge in [0.1, 0.15) is 16.9 Å². The van der Waals surface area contributed by atoms with Crippen LogP contribution in [-0.2, 0) is 9.53 Å². The number of ether oxygens (including phenoxy) is 2. The molecule has 0 bridgehead atoms. The summed E-state index contributed by atoms with van der Waals surface area (Å²) in [6.07, 6.45) is 2.04. The lowest BCUT2D eigenvalue weighted by atomic mass is 10.1. The summed E-state index contributed by atoms with van der Waals surface area (Å²) in [6, 6.07) is 6.62. The van der Waals surface area contributed by atoms with Gasteiger partial charge in [-0.2, -0.15) is 0 Å². The summed E-state index contributed by atoms with van der Waals surface area (Å²) in [4.78, 5) is 23.7. The summed E-state index contributed by atoms with van der Waals surface area (Å²) in [7, 11) is 0. The highest BCUT2D eigenvalue weighted by molar-refractivity contribution is 5.93. The average Bonchev–Trinajstić information content (AvgIpc) is 2.35. The average molecular weight is 278 g/mol. The lowest BCUT2D eigenvalue weighted by Crippen LogP contribution is -2.24. The molecule has 0 N–H and O–H groups in total. The van der Waals surface area contributed by atoms with Crippen LogP contribution in [-0.4, -0.2) is 17.5 Å². The van der Waals surface area contributed by atoms with Gasteiger partial charge >= 0.3 is 11.9 Å². The quantitative estimate of drug-likeness (QED) is 0.608. The van der Waals surface area contributed by atoms with Crippen molar-refractivity contribution in [1.82, 2.24) is 0 Å². The highest BCUT2D eigenvalue weighted by Crippen LogP contribution is 2.22. The number of benzene rings is 1. The topological polar surface area (TPSA) is 52.6 Å². The number of para-hydroxylation sites is 1. The first-order chi connectivity index (χ1) is 9.33. The van der Waals surface area contributed by atoms with Crippen molar-refractivity contribution in [3.8, 4) is 5.75 Å². The molecule has 0 saturated carbocycles. The van der Waals surface area contributed by atoms with E-state index in [-0.39, 0.29) is 17.3 Å². The second-order valence-electron chi connectivity index (χ2n) is 5.58. The van der Waals surface area contributed by atoms with E-state index in [1.807, 2.05) is 6.92 Å². The van der Waals surface area contributed by atoms with Crippen molar-refractivity contribution in [1.29, 1.82) is 0 Å². The van der Waals surface area contributed by atoms with Gasteiger partial charge < -0.3 is 9.47 Å². The predicted molar refractivity (Wildman–Crippen MR) is 76.8 cm³/mol.